The molecule has 2 heterocycles. The zero-order valence-corrected chi connectivity index (χ0v) is 10.4. The fraction of sp³-hybridized carbons (Fsp3) is 0.615. The average molecular weight is 219 g/mol. The van der Waals surface area contributed by atoms with Gasteiger partial charge in [0.25, 0.3) is 0 Å². The second kappa shape index (κ2) is 4.06. The number of nitrogens with zero attached hydrogens (tertiary/aromatic N) is 2. The number of nitrogens with two attached hydrogens (primary N) is 1. The molecule has 0 unspecified atom stereocenters. The van der Waals surface area contributed by atoms with E-state index in [0.717, 1.165) is 19.5 Å². The maximum atomic E-state index is 5.96. The fourth-order valence-electron chi connectivity index (χ4n) is 2.25. The van der Waals surface area contributed by atoms with Crippen molar-refractivity contribution in [2.24, 2.45) is 5.73 Å². The van der Waals surface area contributed by atoms with Crippen LogP contribution in [0.1, 0.15) is 32.8 Å². The molecule has 1 aromatic rings. The summed E-state index contributed by atoms with van der Waals surface area (Å²) in [5.74, 6) is 0. The van der Waals surface area contributed by atoms with Gasteiger partial charge in [0.2, 0.25) is 0 Å². The summed E-state index contributed by atoms with van der Waals surface area (Å²) in [7, 11) is 0. The van der Waals surface area contributed by atoms with Crippen molar-refractivity contribution < 1.29 is 0 Å². The molecule has 1 aliphatic rings. The predicted octanol–water partition coefficient (Wildman–Crippen LogP) is 1.92. The third kappa shape index (κ3) is 2.19. The monoisotopic (exact) mass is 219 g/mol. The highest BCUT2D eigenvalue weighted by Gasteiger charge is 2.25. The topological polar surface area (TPSA) is 42.2 Å². The zero-order chi connectivity index (χ0) is 11.8. The summed E-state index contributed by atoms with van der Waals surface area (Å²) in [5, 5.41) is 0. The minimum Gasteiger partial charge on any atom is -0.370 e. The van der Waals surface area contributed by atoms with E-state index in [9.17, 15) is 0 Å². The van der Waals surface area contributed by atoms with Gasteiger partial charge in [0.05, 0.1) is 0 Å². The van der Waals surface area contributed by atoms with Gasteiger partial charge in [0.15, 0.2) is 0 Å². The van der Waals surface area contributed by atoms with Crippen LogP contribution in [-0.2, 0) is 5.41 Å². The number of aromatic nitrogens is 1. The molecule has 1 aromatic heterocycles. The van der Waals surface area contributed by atoms with Crippen molar-refractivity contribution in [1.82, 2.24) is 4.98 Å². The molecule has 1 saturated heterocycles. The minimum atomic E-state index is 0.135. The van der Waals surface area contributed by atoms with Crippen LogP contribution in [0.2, 0.25) is 0 Å². The molecule has 3 heteroatoms. The summed E-state index contributed by atoms with van der Waals surface area (Å²) in [6.45, 7) is 8.71. The minimum absolute atomic E-state index is 0.135. The second-order valence-corrected chi connectivity index (χ2v) is 5.64. The first-order chi connectivity index (χ1) is 7.48. The molecule has 0 aromatic carbocycles. The Kier molecular flexibility index (Phi) is 2.89. The van der Waals surface area contributed by atoms with Gasteiger partial charge in [-0.1, -0.05) is 20.8 Å². The Hall–Kier alpha value is -1.09. The van der Waals surface area contributed by atoms with Crippen LogP contribution in [0.3, 0.4) is 0 Å². The van der Waals surface area contributed by atoms with Gasteiger partial charge in [-0.15, -0.1) is 0 Å². The zero-order valence-electron chi connectivity index (χ0n) is 10.4. The molecule has 1 aliphatic heterocycles. The summed E-state index contributed by atoms with van der Waals surface area (Å²) in [6.07, 6.45) is 4.94. The van der Waals surface area contributed by atoms with Crippen LogP contribution in [0, 0.1) is 0 Å². The van der Waals surface area contributed by atoms with Crippen molar-refractivity contribution in [2.75, 3.05) is 18.0 Å². The standard InChI is InChI=1S/C13H21N3/c1-13(2,3)11-8-15-6-4-12(11)16-7-5-10(14)9-16/h4,6,8,10H,5,7,9,14H2,1-3H3/t10-/m0/s1. The number of anilines is 1. The van der Waals surface area contributed by atoms with Gasteiger partial charge in [0.1, 0.15) is 0 Å². The van der Waals surface area contributed by atoms with E-state index in [1.165, 1.54) is 11.3 Å². The summed E-state index contributed by atoms with van der Waals surface area (Å²) in [4.78, 5) is 6.63. The van der Waals surface area contributed by atoms with Gasteiger partial charge >= 0.3 is 0 Å². The third-order valence-electron chi connectivity index (χ3n) is 3.17. The van der Waals surface area contributed by atoms with Crippen LogP contribution in [0.15, 0.2) is 18.5 Å². The number of pyridine rings is 1. The highest BCUT2D eigenvalue weighted by molar-refractivity contribution is 5.55. The number of hydrogen-bond donors (Lipinski definition) is 1. The molecule has 88 valence electrons. The van der Waals surface area contributed by atoms with Gasteiger partial charge in [-0.25, -0.2) is 0 Å². The van der Waals surface area contributed by atoms with Gasteiger partial charge in [0, 0.05) is 37.2 Å². The quantitative estimate of drug-likeness (QED) is 0.784. The number of hydrogen-bond acceptors (Lipinski definition) is 3. The Morgan fingerprint density at radius 1 is 1.44 bits per heavy atom. The lowest BCUT2D eigenvalue weighted by Crippen LogP contribution is -2.28. The second-order valence-electron chi connectivity index (χ2n) is 5.64. The lowest BCUT2D eigenvalue weighted by molar-refractivity contribution is 0.585. The van der Waals surface area contributed by atoms with E-state index in [2.05, 4.69) is 36.7 Å². The SMILES string of the molecule is CC(C)(C)c1cnccc1N1CC[C@H](N)C1. The Bertz CT molecular complexity index is 368. The molecule has 0 aliphatic carbocycles. The first kappa shape index (κ1) is 11.4. The molecule has 1 fully saturated rings. The normalized spacial score (nSPS) is 21.5. The van der Waals surface area contributed by atoms with E-state index >= 15 is 0 Å². The first-order valence-electron chi connectivity index (χ1n) is 5.93. The van der Waals surface area contributed by atoms with Crippen LogP contribution in [0.5, 0.6) is 0 Å². The van der Waals surface area contributed by atoms with E-state index in [0.29, 0.717) is 6.04 Å². The van der Waals surface area contributed by atoms with E-state index in [1.807, 2.05) is 12.4 Å². The Labute approximate surface area is 97.7 Å². The van der Waals surface area contributed by atoms with E-state index in [4.69, 9.17) is 5.73 Å². The summed E-state index contributed by atoms with van der Waals surface area (Å²) in [6, 6.07) is 2.43. The van der Waals surface area contributed by atoms with Crippen molar-refractivity contribution >= 4 is 5.69 Å². The molecule has 0 spiro atoms. The molecule has 16 heavy (non-hydrogen) atoms. The van der Waals surface area contributed by atoms with Crippen molar-refractivity contribution in [3.63, 3.8) is 0 Å². The van der Waals surface area contributed by atoms with Crippen LogP contribution in [-0.4, -0.2) is 24.1 Å². The van der Waals surface area contributed by atoms with Crippen LogP contribution in [0.4, 0.5) is 5.69 Å². The van der Waals surface area contributed by atoms with Crippen molar-refractivity contribution in [1.29, 1.82) is 0 Å². The van der Waals surface area contributed by atoms with E-state index in [1.54, 1.807) is 0 Å². The summed E-state index contributed by atoms with van der Waals surface area (Å²) in [5.41, 5.74) is 8.71. The largest absolute Gasteiger partial charge is 0.370 e. The third-order valence-corrected chi connectivity index (χ3v) is 3.17. The predicted molar refractivity (Wildman–Crippen MR) is 67.7 cm³/mol. The van der Waals surface area contributed by atoms with Crippen LogP contribution in [0.25, 0.3) is 0 Å². The molecule has 0 radical (unpaired) electrons. The molecule has 1 atom stereocenters. The van der Waals surface area contributed by atoms with Gasteiger partial charge < -0.3 is 10.6 Å². The lowest BCUT2D eigenvalue weighted by Gasteiger charge is -2.28. The van der Waals surface area contributed by atoms with Crippen LogP contribution >= 0.6 is 0 Å². The Morgan fingerprint density at radius 2 is 2.19 bits per heavy atom. The molecule has 3 nitrogen and oxygen atoms in total. The molecule has 2 N–H and O–H groups in total. The van der Waals surface area contributed by atoms with E-state index in [-0.39, 0.29) is 5.41 Å². The molecular formula is C13H21N3. The fourth-order valence-corrected chi connectivity index (χ4v) is 2.25. The lowest BCUT2D eigenvalue weighted by atomic mass is 9.87. The Morgan fingerprint density at radius 3 is 2.75 bits per heavy atom. The molecule has 0 bridgehead atoms. The summed E-state index contributed by atoms with van der Waals surface area (Å²) < 4.78 is 0. The van der Waals surface area contributed by atoms with Crippen molar-refractivity contribution in [3.05, 3.63) is 24.0 Å². The molecule has 0 amide bonds. The highest BCUT2D eigenvalue weighted by Crippen LogP contribution is 2.32. The van der Waals surface area contributed by atoms with E-state index < -0.39 is 0 Å². The molecule has 2 rings (SSSR count). The van der Waals surface area contributed by atoms with Gasteiger partial charge in [-0.05, 0) is 23.5 Å². The molecule has 0 saturated carbocycles. The Balaban J connectivity index is 2.34. The first-order valence-corrected chi connectivity index (χ1v) is 5.93. The molecular weight excluding hydrogens is 198 g/mol. The van der Waals surface area contributed by atoms with Crippen molar-refractivity contribution in [2.45, 2.75) is 38.6 Å². The summed E-state index contributed by atoms with van der Waals surface area (Å²) >= 11 is 0. The highest BCUT2D eigenvalue weighted by atomic mass is 15.2. The van der Waals surface area contributed by atoms with Gasteiger partial charge in [-0.2, -0.15) is 0 Å². The van der Waals surface area contributed by atoms with Crippen LogP contribution < -0.4 is 10.6 Å². The average Bonchev–Trinajstić information content (AvgIpc) is 2.64. The maximum Gasteiger partial charge on any atom is 0.0435 e. The smallest absolute Gasteiger partial charge is 0.0435 e. The van der Waals surface area contributed by atoms with Gasteiger partial charge in [-0.3, -0.25) is 4.98 Å². The van der Waals surface area contributed by atoms with Crippen molar-refractivity contribution in [3.8, 4) is 0 Å². The maximum absolute atomic E-state index is 5.96. The number of rotatable bonds is 1.